The number of carbonyl (C=O) groups excluding carboxylic acids is 1. The summed E-state index contributed by atoms with van der Waals surface area (Å²) in [5.41, 5.74) is 3.89. The predicted octanol–water partition coefficient (Wildman–Crippen LogP) is 2.61. The van der Waals surface area contributed by atoms with Crippen LogP contribution in [0.25, 0.3) is 11.1 Å². The van der Waals surface area contributed by atoms with Gasteiger partial charge in [0.2, 0.25) is 5.91 Å². The summed E-state index contributed by atoms with van der Waals surface area (Å²) in [5, 5.41) is 6.35. The summed E-state index contributed by atoms with van der Waals surface area (Å²) in [4.78, 5) is 14.4. The molecule has 4 nitrogen and oxygen atoms in total. The van der Waals surface area contributed by atoms with E-state index < -0.39 is 0 Å². The lowest BCUT2D eigenvalue weighted by molar-refractivity contribution is -0.116. The first kappa shape index (κ1) is 14.2. The van der Waals surface area contributed by atoms with Crippen LogP contribution in [0.15, 0.2) is 42.5 Å². The zero-order valence-electron chi connectivity index (χ0n) is 12.7. The highest BCUT2D eigenvalue weighted by Gasteiger charge is 2.30. The van der Waals surface area contributed by atoms with Crippen molar-refractivity contribution >= 4 is 17.3 Å². The highest BCUT2D eigenvalue weighted by molar-refractivity contribution is 5.97. The number of fused-ring (bicyclic) bond motifs is 3. The Hall–Kier alpha value is -2.40. The lowest BCUT2D eigenvalue weighted by Gasteiger charge is -2.36. The van der Waals surface area contributed by atoms with Gasteiger partial charge in [-0.05, 0) is 35.4 Å². The zero-order chi connectivity index (χ0) is 15.8. The van der Waals surface area contributed by atoms with E-state index in [0.29, 0.717) is 6.42 Å². The van der Waals surface area contributed by atoms with E-state index in [1.807, 2.05) is 12.1 Å². The molecule has 0 aromatic heterocycles. The van der Waals surface area contributed by atoms with Crippen LogP contribution in [0.5, 0.6) is 0 Å². The summed E-state index contributed by atoms with van der Waals surface area (Å²) in [6.45, 7) is 2.60. The monoisotopic (exact) mass is 311 g/mol. The average molecular weight is 311 g/mol. The summed E-state index contributed by atoms with van der Waals surface area (Å²) in [7, 11) is 0. The second kappa shape index (κ2) is 5.66. The molecule has 0 spiro atoms. The third-order valence-corrected chi connectivity index (χ3v) is 4.53. The fraction of sp³-hybridized carbons (Fsp3) is 0.278. The Morgan fingerprint density at radius 1 is 1.09 bits per heavy atom. The summed E-state index contributed by atoms with van der Waals surface area (Å²) in [6.07, 6.45) is 0.494. The predicted molar refractivity (Wildman–Crippen MR) is 89.1 cm³/mol. The van der Waals surface area contributed by atoms with Gasteiger partial charge in [-0.2, -0.15) is 0 Å². The van der Waals surface area contributed by atoms with Crippen LogP contribution in [0, 0.1) is 5.82 Å². The molecule has 1 fully saturated rings. The van der Waals surface area contributed by atoms with Crippen LogP contribution in [0.3, 0.4) is 0 Å². The molecule has 4 rings (SSSR count). The van der Waals surface area contributed by atoms with E-state index in [2.05, 4.69) is 21.6 Å². The molecule has 1 atom stereocenters. The Balaban J connectivity index is 1.78. The van der Waals surface area contributed by atoms with Crippen LogP contribution >= 0.6 is 0 Å². The Kier molecular flexibility index (Phi) is 3.50. The van der Waals surface area contributed by atoms with Gasteiger partial charge in [0.1, 0.15) is 5.82 Å². The Labute approximate surface area is 134 Å². The maximum absolute atomic E-state index is 13.1. The topological polar surface area (TPSA) is 44.4 Å². The second-order valence-corrected chi connectivity index (χ2v) is 6.04. The van der Waals surface area contributed by atoms with Gasteiger partial charge in [0.25, 0.3) is 0 Å². The molecule has 2 N–H and O–H groups in total. The quantitative estimate of drug-likeness (QED) is 0.851. The van der Waals surface area contributed by atoms with Crippen molar-refractivity contribution in [2.24, 2.45) is 0 Å². The van der Waals surface area contributed by atoms with E-state index in [-0.39, 0.29) is 17.8 Å². The third kappa shape index (κ3) is 2.68. The van der Waals surface area contributed by atoms with Crippen molar-refractivity contribution in [1.82, 2.24) is 5.32 Å². The number of hydrogen-bond donors (Lipinski definition) is 2. The molecule has 0 saturated carbocycles. The third-order valence-electron chi connectivity index (χ3n) is 4.53. The molecular formula is C18H18FN3O. The van der Waals surface area contributed by atoms with Crippen molar-refractivity contribution in [3.63, 3.8) is 0 Å². The minimum Gasteiger partial charge on any atom is -0.364 e. The largest absolute Gasteiger partial charge is 0.364 e. The minimum absolute atomic E-state index is 0.0528. The van der Waals surface area contributed by atoms with Gasteiger partial charge in [0.05, 0.1) is 17.4 Å². The number of rotatable bonds is 1. The van der Waals surface area contributed by atoms with Gasteiger partial charge in [0.15, 0.2) is 0 Å². The molecule has 2 heterocycles. The van der Waals surface area contributed by atoms with Crippen LogP contribution in [0.4, 0.5) is 15.8 Å². The molecule has 1 saturated heterocycles. The number of nitrogens with one attached hydrogen (secondary N) is 2. The van der Waals surface area contributed by atoms with Gasteiger partial charge in [0, 0.05) is 26.1 Å². The molecule has 0 radical (unpaired) electrons. The number of carbonyl (C=O) groups is 1. The van der Waals surface area contributed by atoms with Gasteiger partial charge in [-0.1, -0.05) is 18.2 Å². The Morgan fingerprint density at radius 3 is 2.70 bits per heavy atom. The zero-order valence-corrected chi connectivity index (χ0v) is 12.7. The van der Waals surface area contributed by atoms with Crippen LogP contribution < -0.4 is 15.5 Å². The van der Waals surface area contributed by atoms with Crippen molar-refractivity contribution in [2.75, 3.05) is 29.9 Å². The second-order valence-electron chi connectivity index (χ2n) is 6.04. The summed E-state index contributed by atoms with van der Waals surface area (Å²) >= 11 is 0. The maximum Gasteiger partial charge on any atom is 0.226 e. The number of anilines is 2. The molecule has 5 heteroatoms. The number of hydrogen-bond acceptors (Lipinski definition) is 3. The first-order chi connectivity index (χ1) is 11.2. The van der Waals surface area contributed by atoms with E-state index in [0.717, 1.165) is 42.1 Å². The average Bonchev–Trinajstić information content (AvgIpc) is 2.70. The summed E-state index contributed by atoms with van der Waals surface area (Å²) < 4.78 is 13.1. The number of amides is 1. The van der Waals surface area contributed by atoms with Gasteiger partial charge >= 0.3 is 0 Å². The number of piperazine rings is 1. The van der Waals surface area contributed by atoms with Gasteiger partial charge in [-0.3, -0.25) is 4.79 Å². The highest BCUT2D eigenvalue weighted by atomic mass is 19.1. The summed E-state index contributed by atoms with van der Waals surface area (Å²) in [5.74, 6) is -0.185. The van der Waals surface area contributed by atoms with Crippen LogP contribution in [-0.2, 0) is 4.79 Å². The molecule has 118 valence electrons. The van der Waals surface area contributed by atoms with E-state index >= 15 is 0 Å². The molecule has 23 heavy (non-hydrogen) atoms. The standard InChI is InChI=1S/C18H18FN3O/c19-14-4-1-12(2-5-14)13-3-6-16-17(9-13)22-8-7-20-11-15(22)10-18(23)21-16/h1-6,9,15,20H,7-8,10-11H2,(H,21,23). The first-order valence-electron chi connectivity index (χ1n) is 7.88. The van der Waals surface area contributed by atoms with Crippen LogP contribution in [0.1, 0.15) is 6.42 Å². The molecule has 0 bridgehead atoms. The first-order valence-corrected chi connectivity index (χ1v) is 7.88. The van der Waals surface area contributed by atoms with Crippen molar-refractivity contribution in [3.8, 4) is 11.1 Å². The Bertz CT molecular complexity index is 744. The van der Waals surface area contributed by atoms with Crippen molar-refractivity contribution in [2.45, 2.75) is 12.5 Å². The lowest BCUT2D eigenvalue weighted by Crippen LogP contribution is -2.51. The minimum atomic E-state index is -0.238. The SMILES string of the molecule is O=C1CC2CNCCN2c2cc(-c3ccc(F)cc3)ccc2N1. The Morgan fingerprint density at radius 2 is 1.87 bits per heavy atom. The van der Waals surface area contributed by atoms with E-state index in [1.165, 1.54) is 12.1 Å². The number of benzene rings is 2. The molecule has 1 unspecified atom stereocenters. The molecule has 0 aliphatic carbocycles. The molecule has 1 amide bonds. The smallest absolute Gasteiger partial charge is 0.226 e. The maximum atomic E-state index is 13.1. The van der Waals surface area contributed by atoms with Gasteiger partial charge in [-0.25, -0.2) is 4.39 Å². The number of nitrogens with zero attached hydrogens (tertiary/aromatic N) is 1. The van der Waals surface area contributed by atoms with Crippen molar-refractivity contribution in [3.05, 3.63) is 48.3 Å². The van der Waals surface area contributed by atoms with Gasteiger partial charge in [-0.15, -0.1) is 0 Å². The molecule has 2 aromatic rings. The molecule has 2 aliphatic heterocycles. The molecular weight excluding hydrogens is 293 g/mol. The normalized spacial score (nSPS) is 20.3. The number of halogens is 1. The van der Waals surface area contributed by atoms with Crippen LogP contribution in [-0.4, -0.2) is 31.6 Å². The van der Waals surface area contributed by atoms with Crippen LogP contribution in [0.2, 0.25) is 0 Å². The summed E-state index contributed by atoms with van der Waals surface area (Å²) in [6, 6.07) is 12.7. The van der Waals surface area contributed by atoms with Crippen molar-refractivity contribution in [1.29, 1.82) is 0 Å². The fourth-order valence-corrected chi connectivity index (χ4v) is 3.37. The van der Waals surface area contributed by atoms with Crippen molar-refractivity contribution < 1.29 is 9.18 Å². The fourth-order valence-electron chi connectivity index (χ4n) is 3.37. The molecule has 2 aliphatic rings. The van der Waals surface area contributed by atoms with E-state index in [9.17, 15) is 9.18 Å². The van der Waals surface area contributed by atoms with E-state index in [1.54, 1.807) is 12.1 Å². The molecule has 2 aromatic carbocycles. The van der Waals surface area contributed by atoms with E-state index in [4.69, 9.17) is 0 Å². The highest BCUT2D eigenvalue weighted by Crippen LogP contribution is 2.35. The van der Waals surface area contributed by atoms with Gasteiger partial charge < -0.3 is 15.5 Å². The lowest BCUT2D eigenvalue weighted by atomic mass is 10.0.